The minimum absolute atomic E-state index is 0.0193. The Bertz CT molecular complexity index is 1010. The van der Waals surface area contributed by atoms with E-state index in [1.54, 1.807) is 12.5 Å². The highest BCUT2D eigenvalue weighted by molar-refractivity contribution is 9.10. The van der Waals surface area contributed by atoms with Crippen molar-refractivity contribution in [1.82, 2.24) is 14.9 Å². The van der Waals surface area contributed by atoms with E-state index in [1.807, 2.05) is 28.8 Å². The molecular weight excluding hydrogens is 423 g/mol. The van der Waals surface area contributed by atoms with Crippen LogP contribution >= 0.6 is 27.5 Å². The molecule has 1 unspecified atom stereocenters. The molecule has 2 heterocycles. The molecule has 2 aromatic carbocycles. The normalized spacial score (nSPS) is 14.7. The summed E-state index contributed by atoms with van der Waals surface area (Å²) in [5.74, 6) is -0.570. The first-order chi connectivity index (χ1) is 12.5. The summed E-state index contributed by atoms with van der Waals surface area (Å²) in [6.45, 7) is 0.345. The molecule has 2 amide bonds. The number of carbonyl (C=O) groups excluding carboxylic acids is 1. The molecule has 5 nitrogen and oxygen atoms in total. The fraction of sp³-hybridized carbons (Fsp3) is 0.111. The van der Waals surface area contributed by atoms with Crippen molar-refractivity contribution >= 4 is 39.2 Å². The van der Waals surface area contributed by atoms with Crippen molar-refractivity contribution in [3.8, 4) is 11.3 Å². The van der Waals surface area contributed by atoms with Gasteiger partial charge in [-0.25, -0.2) is 14.2 Å². The van der Waals surface area contributed by atoms with Gasteiger partial charge in [0.15, 0.2) is 0 Å². The van der Waals surface area contributed by atoms with Gasteiger partial charge in [-0.3, -0.25) is 0 Å². The van der Waals surface area contributed by atoms with Crippen LogP contribution in [0.4, 0.5) is 14.9 Å². The molecule has 4 rings (SSSR count). The number of anilines is 1. The second-order valence-corrected chi connectivity index (χ2v) is 7.13. The number of benzene rings is 2. The van der Waals surface area contributed by atoms with Crippen LogP contribution in [0.15, 0.2) is 53.4 Å². The Hall–Kier alpha value is -2.38. The average molecular weight is 436 g/mol. The molecule has 0 aliphatic carbocycles. The van der Waals surface area contributed by atoms with Crippen molar-refractivity contribution in [2.45, 2.75) is 6.04 Å². The molecule has 1 atom stereocenters. The minimum atomic E-state index is -0.570. The van der Waals surface area contributed by atoms with Gasteiger partial charge >= 0.3 is 6.03 Å². The van der Waals surface area contributed by atoms with Crippen LogP contribution in [0.25, 0.3) is 11.3 Å². The summed E-state index contributed by atoms with van der Waals surface area (Å²) in [4.78, 5) is 16.4. The number of urea groups is 1. The van der Waals surface area contributed by atoms with E-state index in [-0.39, 0.29) is 11.7 Å². The number of rotatable bonds is 3. The number of fused-ring (bicyclic) bond motifs is 3. The molecule has 3 aromatic rings. The van der Waals surface area contributed by atoms with Gasteiger partial charge in [0.25, 0.3) is 0 Å². The Morgan fingerprint density at radius 1 is 1.35 bits per heavy atom. The molecule has 26 heavy (non-hydrogen) atoms. The predicted octanol–water partition coefficient (Wildman–Crippen LogP) is 4.83. The van der Waals surface area contributed by atoms with E-state index in [0.717, 1.165) is 16.8 Å². The summed E-state index contributed by atoms with van der Waals surface area (Å²) in [6.07, 6.45) is 3.55. The summed E-state index contributed by atoms with van der Waals surface area (Å²) in [7, 11) is 0. The zero-order valence-corrected chi connectivity index (χ0v) is 15.7. The molecule has 1 aliphatic heterocycles. The van der Waals surface area contributed by atoms with Crippen LogP contribution < -0.4 is 10.6 Å². The monoisotopic (exact) mass is 434 g/mol. The predicted molar refractivity (Wildman–Crippen MR) is 102 cm³/mol. The molecular formula is C18H13BrClFN4O. The van der Waals surface area contributed by atoms with E-state index < -0.39 is 11.8 Å². The van der Waals surface area contributed by atoms with Crippen molar-refractivity contribution in [3.63, 3.8) is 0 Å². The lowest BCUT2D eigenvalue weighted by Gasteiger charge is -2.16. The van der Waals surface area contributed by atoms with Crippen LogP contribution in [-0.4, -0.2) is 22.1 Å². The van der Waals surface area contributed by atoms with E-state index in [2.05, 4.69) is 31.5 Å². The van der Waals surface area contributed by atoms with Gasteiger partial charge in [0.2, 0.25) is 0 Å². The molecule has 8 heteroatoms. The van der Waals surface area contributed by atoms with Gasteiger partial charge in [0, 0.05) is 16.6 Å². The number of aromatic nitrogens is 2. The van der Waals surface area contributed by atoms with Gasteiger partial charge in [-0.15, -0.1) is 0 Å². The molecule has 0 radical (unpaired) electrons. The molecule has 1 aromatic heterocycles. The largest absolute Gasteiger partial charge is 0.335 e. The maximum Gasteiger partial charge on any atom is 0.319 e. The van der Waals surface area contributed by atoms with E-state index in [9.17, 15) is 9.18 Å². The van der Waals surface area contributed by atoms with Crippen LogP contribution in [0, 0.1) is 5.82 Å². The fourth-order valence-corrected chi connectivity index (χ4v) is 3.59. The van der Waals surface area contributed by atoms with Crippen LogP contribution in [0.1, 0.15) is 11.6 Å². The van der Waals surface area contributed by atoms with Crippen LogP contribution in [-0.2, 0) is 0 Å². The Morgan fingerprint density at radius 2 is 2.15 bits per heavy atom. The van der Waals surface area contributed by atoms with Gasteiger partial charge in [0.1, 0.15) is 5.82 Å². The van der Waals surface area contributed by atoms with Crippen LogP contribution in [0.5, 0.6) is 0 Å². The maximum atomic E-state index is 13.9. The standard InChI is InChI=1S/C18H13BrClFN4O/c19-12-5-14(21)15(6-13(12)20)24-18(26)23-8-17-11-4-2-1-3-10(11)16-7-22-9-25(16)17/h1-7,9,17H,8H2,(H2,23,24,26). The van der Waals surface area contributed by atoms with E-state index in [0.29, 0.717) is 16.0 Å². The van der Waals surface area contributed by atoms with Gasteiger partial charge in [-0.1, -0.05) is 35.9 Å². The van der Waals surface area contributed by atoms with Crippen LogP contribution in [0.2, 0.25) is 5.02 Å². The molecule has 0 bridgehead atoms. The number of nitrogens with one attached hydrogen (secondary N) is 2. The Labute approximate surface area is 162 Å². The first-order valence-corrected chi connectivity index (χ1v) is 9.02. The Kier molecular flexibility index (Phi) is 4.42. The third kappa shape index (κ3) is 2.97. The summed E-state index contributed by atoms with van der Waals surface area (Å²) in [5.41, 5.74) is 3.25. The average Bonchev–Trinajstić information content (AvgIpc) is 3.19. The first-order valence-electron chi connectivity index (χ1n) is 7.85. The number of halogens is 3. The van der Waals surface area contributed by atoms with Crippen molar-refractivity contribution in [2.24, 2.45) is 0 Å². The summed E-state index contributed by atoms with van der Waals surface area (Å²) in [5, 5.41) is 5.59. The second kappa shape index (κ2) is 6.74. The fourth-order valence-electron chi connectivity index (χ4n) is 3.11. The summed E-state index contributed by atoms with van der Waals surface area (Å²) in [6, 6.07) is 10.00. The molecule has 0 fully saturated rings. The van der Waals surface area contributed by atoms with Crippen molar-refractivity contribution in [3.05, 3.63) is 69.8 Å². The number of hydrogen-bond acceptors (Lipinski definition) is 2. The van der Waals surface area contributed by atoms with Gasteiger partial charge in [-0.05, 0) is 33.6 Å². The van der Waals surface area contributed by atoms with Gasteiger partial charge < -0.3 is 15.2 Å². The molecule has 0 saturated heterocycles. The lowest BCUT2D eigenvalue weighted by atomic mass is 10.0. The van der Waals surface area contributed by atoms with E-state index >= 15 is 0 Å². The van der Waals surface area contributed by atoms with Crippen molar-refractivity contribution < 1.29 is 9.18 Å². The number of amides is 2. The SMILES string of the molecule is O=C(NCC1c2ccccc2-c2cncn21)Nc1cc(Cl)c(Br)cc1F. The third-order valence-corrected chi connectivity index (χ3v) is 5.51. The number of imidazole rings is 1. The third-order valence-electron chi connectivity index (χ3n) is 4.31. The van der Waals surface area contributed by atoms with Crippen molar-refractivity contribution in [2.75, 3.05) is 11.9 Å². The lowest BCUT2D eigenvalue weighted by Crippen LogP contribution is -2.33. The molecule has 0 saturated carbocycles. The summed E-state index contributed by atoms with van der Waals surface area (Å²) < 4.78 is 16.4. The summed E-state index contributed by atoms with van der Waals surface area (Å²) >= 11 is 9.09. The highest BCUT2D eigenvalue weighted by Gasteiger charge is 2.28. The number of nitrogens with zero attached hydrogens (tertiary/aromatic N) is 2. The minimum Gasteiger partial charge on any atom is -0.335 e. The quantitative estimate of drug-likeness (QED) is 0.579. The number of carbonyl (C=O) groups is 1. The van der Waals surface area contributed by atoms with Crippen LogP contribution in [0.3, 0.4) is 0 Å². The number of hydrogen-bond donors (Lipinski definition) is 2. The van der Waals surface area contributed by atoms with E-state index in [4.69, 9.17) is 11.6 Å². The Morgan fingerprint density at radius 3 is 3.00 bits per heavy atom. The molecule has 132 valence electrons. The second-order valence-electron chi connectivity index (χ2n) is 5.87. The van der Waals surface area contributed by atoms with Gasteiger partial charge in [-0.2, -0.15) is 0 Å². The zero-order valence-electron chi connectivity index (χ0n) is 13.3. The first kappa shape index (κ1) is 17.1. The Balaban J connectivity index is 1.48. The highest BCUT2D eigenvalue weighted by atomic mass is 79.9. The smallest absolute Gasteiger partial charge is 0.319 e. The maximum absolute atomic E-state index is 13.9. The highest BCUT2D eigenvalue weighted by Crippen LogP contribution is 2.38. The topological polar surface area (TPSA) is 59.0 Å². The molecule has 2 N–H and O–H groups in total. The molecule has 0 spiro atoms. The van der Waals surface area contributed by atoms with Gasteiger partial charge in [0.05, 0.1) is 35.0 Å². The lowest BCUT2D eigenvalue weighted by molar-refractivity contribution is 0.251. The zero-order chi connectivity index (χ0) is 18.3. The molecule has 1 aliphatic rings. The van der Waals surface area contributed by atoms with Crippen molar-refractivity contribution in [1.29, 1.82) is 0 Å². The van der Waals surface area contributed by atoms with E-state index in [1.165, 1.54) is 12.1 Å².